The van der Waals surface area contributed by atoms with Crippen LogP contribution in [-0.2, 0) is 13.0 Å². The molecule has 1 heterocycles. The van der Waals surface area contributed by atoms with Gasteiger partial charge in [-0.15, -0.1) is 0 Å². The molecule has 0 bridgehead atoms. The number of nitrogens with zero attached hydrogens (tertiary/aromatic N) is 2. The third kappa shape index (κ3) is 2.51. The summed E-state index contributed by atoms with van der Waals surface area (Å²) in [6.45, 7) is 0.954. The standard InChI is InChI=1S/C13H16FN3O/c1-18-11-4-2-3-10(13(11)14)9-17-8-7-16-12(17)5-6-15/h2-4,7-8H,5-6,9,15H2,1H3. The lowest BCUT2D eigenvalue weighted by molar-refractivity contribution is 0.383. The number of aromatic nitrogens is 2. The van der Waals surface area contributed by atoms with Gasteiger partial charge in [-0.1, -0.05) is 12.1 Å². The molecule has 0 saturated heterocycles. The summed E-state index contributed by atoms with van der Waals surface area (Å²) in [7, 11) is 1.46. The maximum atomic E-state index is 14.0. The molecule has 0 unspecified atom stereocenters. The molecule has 5 heteroatoms. The Balaban J connectivity index is 2.25. The van der Waals surface area contributed by atoms with Gasteiger partial charge in [0, 0.05) is 24.4 Å². The Morgan fingerprint density at radius 2 is 2.28 bits per heavy atom. The predicted molar refractivity (Wildman–Crippen MR) is 67.0 cm³/mol. The Bertz CT molecular complexity index is 525. The predicted octanol–water partition coefficient (Wildman–Crippen LogP) is 1.58. The van der Waals surface area contributed by atoms with E-state index in [1.54, 1.807) is 24.4 Å². The molecule has 0 aliphatic heterocycles. The molecule has 2 rings (SSSR count). The smallest absolute Gasteiger partial charge is 0.170 e. The van der Waals surface area contributed by atoms with Crippen molar-refractivity contribution in [1.82, 2.24) is 9.55 Å². The minimum Gasteiger partial charge on any atom is -0.494 e. The van der Waals surface area contributed by atoms with Crippen molar-refractivity contribution in [2.24, 2.45) is 5.73 Å². The van der Waals surface area contributed by atoms with Crippen LogP contribution in [0.2, 0.25) is 0 Å². The van der Waals surface area contributed by atoms with Crippen molar-refractivity contribution in [2.75, 3.05) is 13.7 Å². The minimum absolute atomic E-state index is 0.257. The highest BCUT2D eigenvalue weighted by molar-refractivity contribution is 5.31. The van der Waals surface area contributed by atoms with Crippen molar-refractivity contribution in [1.29, 1.82) is 0 Å². The highest BCUT2D eigenvalue weighted by atomic mass is 19.1. The second-order valence-electron chi connectivity index (χ2n) is 3.94. The van der Waals surface area contributed by atoms with Gasteiger partial charge in [-0.05, 0) is 12.6 Å². The molecule has 1 aromatic carbocycles. The minimum atomic E-state index is -0.326. The van der Waals surface area contributed by atoms with E-state index in [1.807, 2.05) is 10.8 Å². The highest BCUT2D eigenvalue weighted by Crippen LogP contribution is 2.21. The van der Waals surface area contributed by atoms with E-state index in [9.17, 15) is 4.39 Å². The lowest BCUT2D eigenvalue weighted by Crippen LogP contribution is -2.11. The summed E-state index contributed by atoms with van der Waals surface area (Å²) in [5.74, 6) is 0.792. The van der Waals surface area contributed by atoms with E-state index in [4.69, 9.17) is 10.5 Å². The summed E-state index contributed by atoms with van der Waals surface area (Å²) in [5, 5.41) is 0. The molecule has 2 N–H and O–H groups in total. The van der Waals surface area contributed by atoms with Crippen molar-refractivity contribution in [3.05, 3.63) is 47.8 Å². The maximum Gasteiger partial charge on any atom is 0.170 e. The molecule has 0 atom stereocenters. The average molecular weight is 249 g/mol. The topological polar surface area (TPSA) is 53.1 Å². The molecule has 0 amide bonds. The number of hydrogen-bond acceptors (Lipinski definition) is 3. The van der Waals surface area contributed by atoms with E-state index >= 15 is 0 Å². The summed E-state index contributed by atoms with van der Waals surface area (Å²) >= 11 is 0. The monoisotopic (exact) mass is 249 g/mol. The van der Waals surface area contributed by atoms with Gasteiger partial charge >= 0.3 is 0 Å². The van der Waals surface area contributed by atoms with E-state index < -0.39 is 0 Å². The zero-order valence-corrected chi connectivity index (χ0v) is 10.3. The first-order chi connectivity index (χ1) is 8.76. The molecule has 0 aliphatic carbocycles. The van der Waals surface area contributed by atoms with Crippen LogP contribution >= 0.6 is 0 Å². The molecule has 0 spiro atoms. The first-order valence-corrected chi connectivity index (χ1v) is 5.77. The van der Waals surface area contributed by atoms with Crippen molar-refractivity contribution in [2.45, 2.75) is 13.0 Å². The number of ether oxygens (including phenoxy) is 1. The first kappa shape index (κ1) is 12.6. The van der Waals surface area contributed by atoms with Crippen LogP contribution in [0.3, 0.4) is 0 Å². The second-order valence-corrected chi connectivity index (χ2v) is 3.94. The molecule has 18 heavy (non-hydrogen) atoms. The van der Waals surface area contributed by atoms with Gasteiger partial charge < -0.3 is 15.0 Å². The zero-order chi connectivity index (χ0) is 13.0. The summed E-state index contributed by atoms with van der Waals surface area (Å²) < 4.78 is 20.9. The van der Waals surface area contributed by atoms with Crippen LogP contribution < -0.4 is 10.5 Å². The number of methoxy groups -OCH3 is 1. The molecule has 0 aliphatic rings. The van der Waals surface area contributed by atoms with E-state index in [-0.39, 0.29) is 11.6 Å². The number of benzene rings is 1. The molecule has 2 aromatic rings. The number of nitrogens with two attached hydrogens (primary N) is 1. The fraction of sp³-hybridized carbons (Fsp3) is 0.308. The summed E-state index contributed by atoms with van der Waals surface area (Å²) in [6, 6.07) is 5.12. The van der Waals surface area contributed by atoms with Crippen LogP contribution in [0.4, 0.5) is 4.39 Å². The SMILES string of the molecule is COc1cccc(Cn2ccnc2CCN)c1F. The van der Waals surface area contributed by atoms with Crippen LogP contribution in [0.25, 0.3) is 0 Å². The molecule has 0 radical (unpaired) electrons. The quantitative estimate of drug-likeness (QED) is 0.875. The van der Waals surface area contributed by atoms with Gasteiger partial charge in [0.25, 0.3) is 0 Å². The average Bonchev–Trinajstić information content (AvgIpc) is 2.80. The normalized spacial score (nSPS) is 10.6. The fourth-order valence-electron chi connectivity index (χ4n) is 1.86. The van der Waals surface area contributed by atoms with Crippen LogP contribution in [0, 0.1) is 5.82 Å². The number of imidazole rings is 1. The van der Waals surface area contributed by atoms with Crippen LogP contribution in [0.5, 0.6) is 5.75 Å². The van der Waals surface area contributed by atoms with E-state index in [0.717, 1.165) is 5.82 Å². The van der Waals surface area contributed by atoms with E-state index in [1.165, 1.54) is 7.11 Å². The van der Waals surface area contributed by atoms with Gasteiger partial charge in [-0.3, -0.25) is 0 Å². The molecule has 4 nitrogen and oxygen atoms in total. The van der Waals surface area contributed by atoms with Crippen molar-refractivity contribution >= 4 is 0 Å². The summed E-state index contributed by atoms with van der Waals surface area (Å²) in [4.78, 5) is 4.20. The van der Waals surface area contributed by atoms with E-state index in [0.29, 0.717) is 25.1 Å². The Hall–Kier alpha value is -1.88. The van der Waals surface area contributed by atoms with Gasteiger partial charge in [0.2, 0.25) is 0 Å². The molecule has 96 valence electrons. The molecular formula is C13H16FN3O. The molecular weight excluding hydrogens is 233 g/mol. The van der Waals surface area contributed by atoms with Crippen molar-refractivity contribution in [3.63, 3.8) is 0 Å². The molecule has 0 saturated carbocycles. The lowest BCUT2D eigenvalue weighted by atomic mass is 10.2. The lowest BCUT2D eigenvalue weighted by Gasteiger charge is -2.10. The largest absolute Gasteiger partial charge is 0.494 e. The maximum absolute atomic E-state index is 14.0. The Morgan fingerprint density at radius 1 is 1.44 bits per heavy atom. The van der Waals surface area contributed by atoms with Gasteiger partial charge in [-0.25, -0.2) is 9.37 Å². The number of rotatable bonds is 5. The van der Waals surface area contributed by atoms with Crippen LogP contribution in [0.1, 0.15) is 11.4 Å². The number of halogens is 1. The van der Waals surface area contributed by atoms with Gasteiger partial charge in [0.1, 0.15) is 5.82 Å². The van der Waals surface area contributed by atoms with Gasteiger partial charge in [-0.2, -0.15) is 0 Å². The van der Waals surface area contributed by atoms with Gasteiger partial charge in [0.05, 0.1) is 13.7 Å². The van der Waals surface area contributed by atoms with Crippen LogP contribution in [-0.4, -0.2) is 23.2 Å². The Labute approximate surface area is 105 Å². The third-order valence-corrected chi connectivity index (χ3v) is 2.77. The Kier molecular flexibility index (Phi) is 3.94. The van der Waals surface area contributed by atoms with Crippen LogP contribution in [0.15, 0.2) is 30.6 Å². The summed E-state index contributed by atoms with van der Waals surface area (Å²) in [5.41, 5.74) is 6.08. The first-order valence-electron chi connectivity index (χ1n) is 5.77. The zero-order valence-electron chi connectivity index (χ0n) is 10.3. The number of hydrogen-bond donors (Lipinski definition) is 1. The van der Waals surface area contributed by atoms with Gasteiger partial charge in [0.15, 0.2) is 11.6 Å². The fourth-order valence-corrected chi connectivity index (χ4v) is 1.86. The van der Waals surface area contributed by atoms with E-state index in [2.05, 4.69) is 4.98 Å². The van der Waals surface area contributed by atoms with Crippen molar-refractivity contribution < 1.29 is 9.13 Å². The third-order valence-electron chi connectivity index (χ3n) is 2.77. The molecule has 1 aromatic heterocycles. The second kappa shape index (κ2) is 5.64. The highest BCUT2D eigenvalue weighted by Gasteiger charge is 2.10. The summed E-state index contributed by atoms with van der Waals surface area (Å²) in [6.07, 6.45) is 4.20. The molecule has 0 fully saturated rings. The van der Waals surface area contributed by atoms with Crippen molar-refractivity contribution in [3.8, 4) is 5.75 Å². The Morgan fingerprint density at radius 3 is 3.00 bits per heavy atom.